The Labute approximate surface area is 106 Å². The van der Waals surface area contributed by atoms with E-state index >= 15 is 0 Å². The van der Waals surface area contributed by atoms with Crippen molar-refractivity contribution in [2.24, 2.45) is 5.92 Å². The van der Waals surface area contributed by atoms with Gasteiger partial charge in [0.2, 0.25) is 0 Å². The van der Waals surface area contributed by atoms with Crippen molar-refractivity contribution in [2.45, 2.75) is 24.9 Å². The molecule has 18 heavy (non-hydrogen) atoms. The van der Waals surface area contributed by atoms with Crippen LogP contribution < -0.4 is 0 Å². The molecular weight excluding hydrogens is 269 g/mol. The predicted molar refractivity (Wildman–Crippen MR) is 59.6 cm³/mol. The van der Waals surface area contributed by atoms with E-state index in [1.165, 1.54) is 6.07 Å². The molecule has 6 heteroatoms. The first-order valence-corrected chi connectivity index (χ1v) is 5.78. The zero-order valence-corrected chi connectivity index (χ0v) is 9.92. The molecule has 1 aromatic carbocycles. The van der Waals surface area contributed by atoms with E-state index in [1.807, 2.05) is 0 Å². The van der Waals surface area contributed by atoms with Crippen molar-refractivity contribution < 1.29 is 23.1 Å². The number of carboxylic acids is 1. The van der Waals surface area contributed by atoms with Gasteiger partial charge in [-0.15, -0.1) is 0 Å². The van der Waals surface area contributed by atoms with Gasteiger partial charge in [-0.1, -0.05) is 17.7 Å². The molecule has 0 spiro atoms. The Morgan fingerprint density at radius 3 is 2.39 bits per heavy atom. The molecule has 0 aromatic heterocycles. The number of aliphatic carboxylic acids is 1. The molecule has 1 N–H and O–H groups in total. The van der Waals surface area contributed by atoms with Crippen LogP contribution in [0.25, 0.3) is 0 Å². The molecule has 1 fully saturated rings. The van der Waals surface area contributed by atoms with Crippen molar-refractivity contribution >= 4 is 17.6 Å². The Balaban J connectivity index is 2.37. The van der Waals surface area contributed by atoms with Gasteiger partial charge in [0.15, 0.2) is 0 Å². The summed E-state index contributed by atoms with van der Waals surface area (Å²) in [7, 11) is 0. The number of carbonyl (C=O) groups is 1. The summed E-state index contributed by atoms with van der Waals surface area (Å²) < 4.78 is 37.4. The van der Waals surface area contributed by atoms with Crippen LogP contribution in [0.5, 0.6) is 0 Å². The van der Waals surface area contributed by atoms with Gasteiger partial charge in [-0.05, 0) is 36.5 Å². The third-order valence-corrected chi connectivity index (χ3v) is 3.35. The Morgan fingerprint density at radius 2 is 2.00 bits per heavy atom. The van der Waals surface area contributed by atoms with Crippen LogP contribution in [0.3, 0.4) is 0 Å². The van der Waals surface area contributed by atoms with Gasteiger partial charge in [-0.2, -0.15) is 13.2 Å². The maximum Gasteiger partial charge on any atom is 0.416 e. The average Bonchev–Trinajstić information content (AvgIpc) is 3.03. The van der Waals surface area contributed by atoms with Gasteiger partial charge >= 0.3 is 12.1 Å². The zero-order chi connectivity index (χ0) is 13.5. The van der Waals surface area contributed by atoms with E-state index in [-0.39, 0.29) is 16.5 Å². The third kappa shape index (κ3) is 2.61. The van der Waals surface area contributed by atoms with Crippen LogP contribution in [0, 0.1) is 5.92 Å². The van der Waals surface area contributed by atoms with Gasteiger partial charge in [-0.3, -0.25) is 4.79 Å². The van der Waals surface area contributed by atoms with Crippen LogP contribution in [-0.2, 0) is 11.0 Å². The number of halogens is 4. The number of hydrogen-bond donors (Lipinski definition) is 1. The summed E-state index contributed by atoms with van der Waals surface area (Å²) in [6.07, 6.45) is -2.93. The van der Waals surface area contributed by atoms with Crippen molar-refractivity contribution in [3.63, 3.8) is 0 Å². The molecule has 0 bridgehead atoms. The molecule has 1 aliphatic rings. The first-order chi connectivity index (χ1) is 8.30. The van der Waals surface area contributed by atoms with Crippen molar-refractivity contribution in [3.05, 3.63) is 34.3 Å². The van der Waals surface area contributed by atoms with Crippen molar-refractivity contribution in [1.82, 2.24) is 0 Å². The van der Waals surface area contributed by atoms with Gasteiger partial charge in [-0.25, -0.2) is 0 Å². The van der Waals surface area contributed by atoms with Crippen molar-refractivity contribution in [2.75, 3.05) is 0 Å². The maximum atomic E-state index is 12.5. The smallest absolute Gasteiger partial charge is 0.416 e. The molecule has 1 aromatic rings. The lowest BCUT2D eigenvalue weighted by Crippen LogP contribution is -2.15. The molecule has 2 rings (SSSR count). The summed E-state index contributed by atoms with van der Waals surface area (Å²) >= 11 is 5.78. The average molecular weight is 279 g/mol. The highest BCUT2D eigenvalue weighted by Gasteiger charge is 2.39. The van der Waals surface area contributed by atoms with Crippen molar-refractivity contribution in [1.29, 1.82) is 0 Å². The lowest BCUT2D eigenvalue weighted by molar-refractivity contribution is -0.139. The SMILES string of the molecule is O=C(O)C(c1ccc(C(F)(F)F)cc1Cl)C1CC1. The lowest BCUT2D eigenvalue weighted by atomic mass is 9.93. The summed E-state index contributed by atoms with van der Waals surface area (Å²) in [4.78, 5) is 11.1. The number of hydrogen-bond acceptors (Lipinski definition) is 1. The number of alkyl halides is 3. The molecule has 1 saturated carbocycles. The third-order valence-electron chi connectivity index (χ3n) is 3.02. The van der Waals surface area contributed by atoms with Crippen molar-refractivity contribution in [3.8, 4) is 0 Å². The van der Waals surface area contributed by atoms with Gasteiger partial charge in [0.05, 0.1) is 11.5 Å². The number of carboxylic acid groups (broad SMARTS) is 1. The van der Waals surface area contributed by atoms with Crippen LogP contribution in [0.1, 0.15) is 29.9 Å². The maximum absolute atomic E-state index is 12.5. The molecule has 0 aliphatic heterocycles. The fourth-order valence-corrected chi connectivity index (χ4v) is 2.27. The van der Waals surface area contributed by atoms with Gasteiger partial charge in [0.1, 0.15) is 0 Å². The van der Waals surface area contributed by atoms with Crippen LogP contribution in [0.2, 0.25) is 5.02 Å². The molecule has 0 saturated heterocycles. The summed E-state index contributed by atoms with van der Waals surface area (Å²) in [5, 5.41) is 8.97. The largest absolute Gasteiger partial charge is 0.481 e. The summed E-state index contributed by atoms with van der Waals surface area (Å²) in [6.45, 7) is 0. The predicted octanol–water partition coefficient (Wildman–Crippen LogP) is 3.94. The first kappa shape index (κ1) is 13.2. The Hall–Kier alpha value is -1.23. The minimum absolute atomic E-state index is 0.0169. The molecule has 98 valence electrons. The van der Waals surface area contributed by atoms with Gasteiger partial charge in [0.25, 0.3) is 0 Å². The van der Waals surface area contributed by atoms with E-state index in [0.717, 1.165) is 25.0 Å². The van der Waals surface area contributed by atoms with Gasteiger partial charge < -0.3 is 5.11 Å². The van der Waals surface area contributed by atoms with Gasteiger partial charge in [0, 0.05) is 5.02 Å². The Morgan fingerprint density at radius 1 is 1.39 bits per heavy atom. The van der Waals surface area contributed by atoms with Crippen LogP contribution >= 0.6 is 11.6 Å². The second-order valence-electron chi connectivity index (χ2n) is 4.39. The molecule has 0 amide bonds. The van der Waals surface area contributed by atoms with E-state index in [2.05, 4.69) is 0 Å². The molecule has 2 nitrogen and oxygen atoms in total. The highest BCUT2D eigenvalue weighted by Crippen LogP contribution is 2.45. The van der Waals surface area contributed by atoms with Crippen LogP contribution in [0.4, 0.5) is 13.2 Å². The Bertz CT molecular complexity index is 481. The minimum atomic E-state index is -4.47. The number of benzene rings is 1. The standard InChI is InChI=1S/C12H10ClF3O2/c13-9-5-7(12(14,15)16)3-4-8(9)10(11(17)18)6-1-2-6/h3-6,10H,1-2H2,(H,17,18). The van der Waals surface area contributed by atoms with E-state index in [4.69, 9.17) is 16.7 Å². The summed E-state index contributed by atoms with van der Waals surface area (Å²) in [5.41, 5.74) is -0.601. The molecular formula is C12H10ClF3O2. The molecule has 1 unspecified atom stereocenters. The highest BCUT2D eigenvalue weighted by molar-refractivity contribution is 6.31. The van der Waals surface area contributed by atoms with Crippen LogP contribution in [-0.4, -0.2) is 11.1 Å². The summed E-state index contributed by atoms with van der Waals surface area (Å²) in [6, 6.07) is 2.83. The van der Waals surface area contributed by atoms with E-state index < -0.39 is 23.6 Å². The summed E-state index contributed by atoms with van der Waals surface area (Å²) in [5.74, 6) is -1.87. The van der Waals surface area contributed by atoms with E-state index in [1.54, 1.807) is 0 Å². The monoisotopic (exact) mass is 278 g/mol. The molecule has 1 atom stereocenters. The highest BCUT2D eigenvalue weighted by atomic mass is 35.5. The second kappa shape index (κ2) is 4.46. The number of rotatable bonds is 3. The fourth-order valence-electron chi connectivity index (χ4n) is 1.97. The van der Waals surface area contributed by atoms with Crippen LogP contribution in [0.15, 0.2) is 18.2 Å². The fraction of sp³-hybridized carbons (Fsp3) is 0.417. The van der Waals surface area contributed by atoms with E-state index in [0.29, 0.717) is 0 Å². The quantitative estimate of drug-likeness (QED) is 0.909. The Kier molecular flexibility index (Phi) is 3.27. The topological polar surface area (TPSA) is 37.3 Å². The minimum Gasteiger partial charge on any atom is -0.481 e. The van der Waals surface area contributed by atoms with E-state index in [9.17, 15) is 18.0 Å². The normalized spacial score (nSPS) is 17.6. The lowest BCUT2D eigenvalue weighted by Gasteiger charge is -2.15. The molecule has 0 radical (unpaired) electrons. The zero-order valence-electron chi connectivity index (χ0n) is 9.17. The second-order valence-corrected chi connectivity index (χ2v) is 4.79. The first-order valence-electron chi connectivity index (χ1n) is 5.40. The molecule has 1 aliphatic carbocycles. The molecule has 0 heterocycles.